The van der Waals surface area contributed by atoms with Crippen LogP contribution in [-0.2, 0) is 6.54 Å². The molecule has 0 aliphatic carbocycles. The van der Waals surface area contributed by atoms with Crippen LogP contribution in [0.5, 0.6) is 11.5 Å². The van der Waals surface area contributed by atoms with E-state index in [4.69, 9.17) is 9.73 Å². The van der Waals surface area contributed by atoms with Crippen molar-refractivity contribution in [2.24, 2.45) is 4.99 Å². The molecule has 0 amide bonds. The number of phenols is 1. The molecule has 3 N–H and O–H groups in total. The van der Waals surface area contributed by atoms with Crippen LogP contribution in [0.25, 0.3) is 11.1 Å². The van der Waals surface area contributed by atoms with Gasteiger partial charge in [-0.15, -0.1) is 0 Å². The maximum atomic E-state index is 10.6. The third-order valence-electron chi connectivity index (χ3n) is 6.03. The van der Waals surface area contributed by atoms with Crippen molar-refractivity contribution in [3.05, 3.63) is 78.4 Å². The van der Waals surface area contributed by atoms with Crippen LogP contribution in [0.1, 0.15) is 5.56 Å². The van der Waals surface area contributed by atoms with E-state index in [9.17, 15) is 10.2 Å². The Labute approximate surface area is 200 Å². The number of methoxy groups -OCH3 is 1. The predicted molar refractivity (Wildman–Crippen MR) is 136 cm³/mol. The van der Waals surface area contributed by atoms with Gasteiger partial charge in [0, 0.05) is 38.3 Å². The zero-order chi connectivity index (χ0) is 23.8. The highest BCUT2D eigenvalue weighted by atomic mass is 16.5. The van der Waals surface area contributed by atoms with Crippen LogP contribution >= 0.6 is 0 Å². The van der Waals surface area contributed by atoms with Crippen LogP contribution in [0.15, 0.2) is 77.8 Å². The van der Waals surface area contributed by atoms with E-state index in [2.05, 4.69) is 15.1 Å². The van der Waals surface area contributed by atoms with Crippen molar-refractivity contribution < 1.29 is 14.9 Å². The minimum absolute atomic E-state index is 0.160. The average Bonchev–Trinajstić information content (AvgIpc) is 2.89. The Bertz CT molecular complexity index is 1100. The van der Waals surface area contributed by atoms with Crippen LogP contribution in [-0.4, -0.2) is 72.4 Å². The van der Waals surface area contributed by atoms with Gasteiger partial charge in [0.2, 0.25) is 0 Å². The topological polar surface area (TPSA) is 80.6 Å². The number of phenolic OH excluding ortho intramolecular Hbond substituents is 1. The number of nitrogens with zero attached hydrogens (tertiary/aromatic N) is 3. The van der Waals surface area contributed by atoms with Crippen molar-refractivity contribution in [3.8, 4) is 22.6 Å². The largest absolute Gasteiger partial charge is 0.506 e. The number of ether oxygens (including phenoxy) is 1. The molecular weight excluding hydrogens is 428 g/mol. The molecule has 0 atom stereocenters. The summed E-state index contributed by atoms with van der Waals surface area (Å²) in [6, 6.07) is 23.5. The summed E-state index contributed by atoms with van der Waals surface area (Å²) < 4.78 is 5.49. The normalized spacial score (nSPS) is 14.8. The molecule has 3 aromatic rings. The molecule has 7 nitrogen and oxygen atoms in total. The number of piperazine rings is 1. The summed E-state index contributed by atoms with van der Waals surface area (Å²) in [6.45, 7) is 4.51. The fraction of sp³-hybridized carbons (Fsp3) is 0.296. The molecule has 0 saturated carbocycles. The molecule has 1 saturated heterocycles. The summed E-state index contributed by atoms with van der Waals surface area (Å²) in [5.74, 6) is 1.67. The van der Waals surface area contributed by atoms with E-state index in [1.807, 2.05) is 66.7 Å². The van der Waals surface area contributed by atoms with Crippen molar-refractivity contribution in [1.29, 1.82) is 0 Å². The molecule has 7 heteroatoms. The Kier molecular flexibility index (Phi) is 8.01. The van der Waals surface area contributed by atoms with Gasteiger partial charge in [-0.25, -0.2) is 4.99 Å². The molecule has 1 fully saturated rings. The number of guanidine groups is 1. The number of hydrogen-bond donors (Lipinski definition) is 3. The quantitative estimate of drug-likeness (QED) is 0.284. The standard InChI is InChI=1S/C27H32N4O3/c1-34-26-10-6-5-9-23(26)20-28-27(31-15-13-30(14-16-31)17-18-32)29-24-19-22(11-12-25(24)33)21-7-3-2-4-8-21/h2-12,19,32-33H,13-18,20H2,1H3,(H,28,29). The Morgan fingerprint density at radius 1 is 0.941 bits per heavy atom. The van der Waals surface area contributed by atoms with Crippen molar-refractivity contribution in [2.45, 2.75) is 6.54 Å². The van der Waals surface area contributed by atoms with E-state index in [1.165, 1.54) is 0 Å². The van der Waals surface area contributed by atoms with Gasteiger partial charge in [-0.05, 0) is 29.3 Å². The average molecular weight is 461 g/mol. The fourth-order valence-electron chi connectivity index (χ4n) is 4.10. The molecule has 0 aromatic heterocycles. The van der Waals surface area contributed by atoms with Crippen molar-refractivity contribution in [2.75, 3.05) is 51.8 Å². The molecule has 3 aromatic carbocycles. The van der Waals surface area contributed by atoms with Crippen LogP contribution in [0.2, 0.25) is 0 Å². The number of nitrogens with one attached hydrogen (secondary N) is 1. The van der Waals surface area contributed by atoms with Gasteiger partial charge in [0.15, 0.2) is 5.96 Å². The molecular formula is C27H32N4O3. The summed E-state index contributed by atoms with van der Waals surface area (Å²) in [4.78, 5) is 9.34. The number of benzene rings is 3. The van der Waals surface area contributed by atoms with E-state index < -0.39 is 0 Å². The number of para-hydroxylation sites is 1. The number of β-amino-alcohol motifs (C(OH)–C–C–N with tert-alkyl or cyclic N) is 1. The van der Waals surface area contributed by atoms with Gasteiger partial charge in [0.25, 0.3) is 0 Å². The second-order valence-corrected chi connectivity index (χ2v) is 8.23. The SMILES string of the molecule is COc1ccccc1CN=C(Nc1cc(-c2ccccc2)ccc1O)N1CCN(CCO)CC1. The lowest BCUT2D eigenvalue weighted by molar-refractivity contribution is 0.147. The Hall–Kier alpha value is -3.55. The lowest BCUT2D eigenvalue weighted by Gasteiger charge is -2.36. The van der Waals surface area contributed by atoms with E-state index in [1.54, 1.807) is 13.2 Å². The van der Waals surface area contributed by atoms with Gasteiger partial charge in [0.1, 0.15) is 11.5 Å². The molecule has 4 rings (SSSR count). The summed E-state index contributed by atoms with van der Waals surface area (Å²) in [6.07, 6.45) is 0. The van der Waals surface area contributed by atoms with E-state index in [0.29, 0.717) is 24.7 Å². The number of aliphatic hydroxyl groups is 1. The maximum Gasteiger partial charge on any atom is 0.198 e. The first kappa shape index (κ1) is 23.6. The number of aliphatic hydroxyl groups excluding tert-OH is 1. The van der Waals surface area contributed by atoms with Crippen LogP contribution in [0.3, 0.4) is 0 Å². The number of anilines is 1. The number of rotatable bonds is 7. The molecule has 0 bridgehead atoms. The zero-order valence-electron chi connectivity index (χ0n) is 19.5. The van der Waals surface area contributed by atoms with E-state index >= 15 is 0 Å². The van der Waals surface area contributed by atoms with Gasteiger partial charge in [-0.3, -0.25) is 4.90 Å². The van der Waals surface area contributed by atoms with E-state index in [0.717, 1.165) is 48.6 Å². The Morgan fingerprint density at radius 2 is 1.68 bits per heavy atom. The summed E-state index contributed by atoms with van der Waals surface area (Å²) in [5, 5.41) is 23.3. The van der Waals surface area contributed by atoms with Crippen molar-refractivity contribution >= 4 is 11.6 Å². The minimum atomic E-state index is 0.160. The molecule has 34 heavy (non-hydrogen) atoms. The van der Waals surface area contributed by atoms with Crippen LogP contribution in [0.4, 0.5) is 5.69 Å². The molecule has 0 unspecified atom stereocenters. The lowest BCUT2D eigenvalue weighted by atomic mass is 10.0. The van der Waals surface area contributed by atoms with Crippen LogP contribution < -0.4 is 10.1 Å². The zero-order valence-corrected chi connectivity index (χ0v) is 19.5. The smallest absolute Gasteiger partial charge is 0.198 e. The first-order valence-electron chi connectivity index (χ1n) is 11.6. The van der Waals surface area contributed by atoms with E-state index in [-0.39, 0.29) is 12.4 Å². The van der Waals surface area contributed by atoms with Crippen molar-refractivity contribution in [1.82, 2.24) is 9.80 Å². The van der Waals surface area contributed by atoms with Gasteiger partial charge in [0.05, 0.1) is 25.9 Å². The fourth-order valence-corrected chi connectivity index (χ4v) is 4.10. The van der Waals surface area contributed by atoms with Crippen LogP contribution in [0, 0.1) is 0 Å². The third-order valence-corrected chi connectivity index (χ3v) is 6.03. The molecule has 1 aliphatic rings. The highest BCUT2D eigenvalue weighted by molar-refractivity contribution is 5.96. The Balaban J connectivity index is 1.60. The summed E-state index contributed by atoms with van der Waals surface area (Å²) in [7, 11) is 1.66. The Morgan fingerprint density at radius 3 is 2.41 bits per heavy atom. The summed E-state index contributed by atoms with van der Waals surface area (Å²) >= 11 is 0. The molecule has 1 heterocycles. The highest BCUT2D eigenvalue weighted by Crippen LogP contribution is 2.30. The second kappa shape index (κ2) is 11.5. The molecule has 1 aliphatic heterocycles. The first-order valence-corrected chi connectivity index (χ1v) is 11.6. The summed E-state index contributed by atoms with van der Waals surface area (Å²) in [5.41, 5.74) is 3.69. The second-order valence-electron chi connectivity index (χ2n) is 8.23. The minimum Gasteiger partial charge on any atom is -0.506 e. The predicted octanol–water partition coefficient (Wildman–Crippen LogP) is 3.65. The maximum absolute atomic E-state index is 10.6. The highest BCUT2D eigenvalue weighted by Gasteiger charge is 2.21. The number of aromatic hydroxyl groups is 1. The van der Waals surface area contributed by atoms with Gasteiger partial charge in [-0.1, -0.05) is 54.6 Å². The van der Waals surface area contributed by atoms with Crippen molar-refractivity contribution in [3.63, 3.8) is 0 Å². The van der Waals surface area contributed by atoms with Gasteiger partial charge in [-0.2, -0.15) is 0 Å². The van der Waals surface area contributed by atoms with Gasteiger partial charge >= 0.3 is 0 Å². The molecule has 0 spiro atoms. The molecule has 178 valence electrons. The van der Waals surface area contributed by atoms with Gasteiger partial charge < -0.3 is 25.2 Å². The molecule has 0 radical (unpaired) electrons. The first-order chi connectivity index (χ1) is 16.7. The number of aliphatic imine (C=N–C) groups is 1. The number of hydrogen-bond acceptors (Lipinski definition) is 5. The third kappa shape index (κ3) is 5.87. The monoisotopic (exact) mass is 460 g/mol. The lowest BCUT2D eigenvalue weighted by Crippen LogP contribution is -2.51.